The fourth-order valence-electron chi connectivity index (χ4n) is 4.30. The molecule has 2 aliphatic rings. The summed E-state index contributed by atoms with van der Waals surface area (Å²) in [5.74, 6) is 0.243. The Bertz CT molecular complexity index is 884. The molecule has 0 spiro atoms. The van der Waals surface area contributed by atoms with E-state index in [0.717, 1.165) is 30.5 Å². The van der Waals surface area contributed by atoms with Crippen LogP contribution in [0.5, 0.6) is 0 Å². The van der Waals surface area contributed by atoms with Crippen molar-refractivity contribution in [2.75, 3.05) is 24.5 Å². The smallest absolute Gasteiger partial charge is 0.355 e. The molecule has 2 saturated heterocycles. The number of hydrogen-bond acceptors (Lipinski definition) is 3. The maximum absolute atomic E-state index is 13.1. The lowest BCUT2D eigenvalue weighted by Crippen LogP contribution is -2.50. The Kier molecular flexibility index (Phi) is 5.19. The van der Waals surface area contributed by atoms with Crippen molar-refractivity contribution in [2.45, 2.75) is 31.5 Å². The molecule has 2 aromatic rings. The minimum absolute atomic E-state index is 0.0389. The van der Waals surface area contributed by atoms with Crippen LogP contribution in [0.15, 0.2) is 42.6 Å². The van der Waals surface area contributed by atoms with Crippen molar-refractivity contribution in [2.24, 2.45) is 5.92 Å². The number of carbonyl (C=O) groups excluding carboxylic acids is 1. The predicted molar refractivity (Wildman–Crippen MR) is 99.8 cm³/mol. The summed E-state index contributed by atoms with van der Waals surface area (Å²) in [6.45, 7) is 1.73. The Balaban J connectivity index is 1.47. The van der Waals surface area contributed by atoms with E-state index in [1.165, 1.54) is 18.3 Å². The quantitative estimate of drug-likeness (QED) is 0.724. The number of pyridine rings is 1. The second kappa shape index (κ2) is 7.65. The lowest BCUT2D eigenvalue weighted by Gasteiger charge is -2.39. The van der Waals surface area contributed by atoms with Gasteiger partial charge < -0.3 is 9.80 Å². The number of anilines is 1. The Morgan fingerprint density at radius 3 is 2.55 bits per heavy atom. The average Bonchev–Trinajstić information content (AvgIpc) is 3.12. The summed E-state index contributed by atoms with van der Waals surface area (Å²) in [5, 5.41) is 0. The summed E-state index contributed by atoms with van der Waals surface area (Å²) in [6.07, 6.45) is -1.35. The molecule has 0 bridgehead atoms. The van der Waals surface area contributed by atoms with E-state index in [1.807, 2.05) is 9.80 Å². The van der Waals surface area contributed by atoms with Gasteiger partial charge in [-0.1, -0.05) is 12.1 Å². The summed E-state index contributed by atoms with van der Waals surface area (Å²) < 4.78 is 52.2. The first-order valence-corrected chi connectivity index (χ1v) is 9.63. The van der Waals surface area contributed by atoms with Crippen LogP contribution < -0.4 is 4.90 Å². The van der Waals surface area contributed by atoms with Crippen molar-refractivity contribution < 1.29 is 22.4 Å². The SMILES string of the molecule is O=C(Cc1ccc(F)cc1)N1CCC2CCN(c3cc(C(F)(F)F)ccn3)CC21. The molecule has 154 valence electrons. The van der Waals surface area contributed by atoms with Crippen molar-refractivity contribution in [1.82, 2.24) is 9.88 Å². The van der Waals surface area contributed by atoms with E-state index in [9.17, 15) is 22.4 Å². The zero-order valence-corrected chi connectivity index (χ0v) is 15.7. The molecule has 0 radical (unpaired) electrons. The first-order valence-electron chi connectivity index (χ1n) is 9.63. The monoisotopic (exact) mass is 407 g/mol. The fourth-order valence-corrected chi connectivity index (χ4v) is 4.30. The van der Waals surface area contributed by atoms with Gasteiger partial charge in [0.25, 0.3) is 0 Å². The lowest BCUT2D eigenvalue weighted by atomic mass is 9.92. The van der Waals surface area contributed by atoms with E-state index >= 15 is 0 Å². The van der Waals surface area contributed by atoms with Gasteiger partial charge in [0.05, 0.1) is 18.0 Å². The number of alkyl halides is 3. The summed E-state index contributed by atoms with van der Waals surface area (Å²) >= 11 is 0. The molecule has 4 nitrogen and oxygen atoms in total. The van der Waals surface area contributed by atoms with Gasteiger partial charge in [-0.2, -0.15) is 13.2 Å². The number of nitrogens with zero attached hydrogens (tertiary/aromatic N) is 3. The van der Waals surface area contributed by atoms with E-state index in [-0.39, 0.29) is 30.0 Å². The Morgan fingerprint density at radius 1 is 1.10 bits per heavy atom. The number of benzene rings is 1. The summed E-state index contributed by atoms with van der Waals surface area (Å²) in [7, 11) is 0. The third-order valence-electron chi connectivity index (χ3n) is 5.85. The minimum Gasteiger partial charge on any atom is -0.355 e. The average molecular weight is 407 g/mol. The number of likely N-dealkylation sites (tertiary alicyclic amines) is 1. The Labute approximate surface area is 166 Å². The third-order valence-corrected chi connectivity index (χ3v) is 5.85. The van der Waals surface area contributed by atoms with Gasteiger partial charge in [-0.25, -0.2) is 9.37 Å². The van der Waals surface area contributed by atoms with Gasteiger partial charge in [0.1, 0.15) is 11.6 Å². The van der Waals surface area contributed by atoms with Gasteiger partial charge in [0.15, 0.2) is 0 Å². The van der Waals surface area contributed by atoms with Gasteiger partial charge in [-0.05, 0) is 48.6 Å². The van der Waals surface area contributed by atoms with Gasteiger partial charge in [0.2, 0.25) is 5.91 Å². The van der Waals surface area contributed by atoms with Gasteiger partial charge in [0, 0.05) is 25.8 Å². The highest BCUT2D eigenvalue weighted by atomic mass is 19.4. The molecule has 1 amide bonds. The molecule has 2 unspecified atom stereocenters. The molecule has 0 aliphatic carbocycles. The van der Waals surface area contributed by atoms with Crippen LogP contribution in [-0.2, 0) is 17.4 Å². The van der Waals surface area contributed by atoms with Crippen molar-refractivity contribution in [1.29, 1.82) is 0 Å². The largest absolute Gasteiger partial charge is 0.416 e. The molecule has 2 atom stereocenters. The number of fused-ring (bicyclic) bond motifs is 1. The predicted octanol–water partition coefficient (Wildman–Crippen LogP) is 3.91. The van der Waals surface area contributed by atoms with Gasteiger partial charge in [-0.15, -0.1) is 0 Å². The maximum Gasteiger partial charge on any atom is 0.416 e. The fraction of sp³-hybridized carbons (Fsp3) is 0.429. The van der Waals surface area contributed by atoms with E-state index in [4.69, 9.17) is 0 Å². The zero-order valence-electron chi connectivity index (χ0n) is 15.7. The molecule has 0 N–H and O–H groups in total. The molecule has 2 fully saturated rings. The molecule has 29 heavy (non-hydrogen) atoms. The molecule has 0 saturated carbocycles. The zero-order chi connectivity index (χ0) is 20.6. The van der Waals surface area contributed by atoms with Crippen molar-refractivity contribution in [3.8, 4) is 0 Å². The van der Waals surface area contributed by atoms with E-state index in [0.29, 0.717) is 25.6 Å². The standard InChI is InChI=1S/C21H21F4N3O/c22-17-3-1-14(2-4-17)11-20(29)28-10-7-15-6-9-27(13-18(15)28)19-12-16(5-8-26-19)21(23,24)25/h1-5,8,12,15,18H,6-7,9-11,13H2. The number of rotatable bonds is 3. The lowest BCUT2D eigenvalue weighted by molar-refractivity contribution is -0.137. The third kappa shape index (κ3) is 4.21. The molecule has 1 aromatic heterocycles. The number of halogens is 4. The van der Waals surface area contributed by atoms with Crippen molar-refractivity contribution in [3.63, 3.8) is 0 Å². The summed E-state index contributed by atoms with van der Waals surface area (Å²) in [6, 6.07) is 7.84. The summed E-state index contributed by atoms with van der Waals surface area (Å²) in [5.41, 5.74) is 0.0207. The number of carbonyl (C=O) groups is 1. The molecular formula is C21H21F4N3O. The minimum atomic E-state index is -4.42. The molecule has 4 rings (SSSR count). The molecule has 2 aliphatic heterocycles. The maximum atomic E-state index is 13.1. The number of piperidine rings is 1. The van der Waals surface area contributed by atoms with Crippen LogP contribution in [0.1, 0.15) is 24.0 Å². The van der Waals surface area contributed by atoms with Crippen LogP contribution in [-0.4, -0.2) is 41.5 Å². The van der Waals surface area contributed by atoms with Crippen LogP contribution in [0.25, 0.3) is 0 Å². The van der Waals surface area contributed by atoms with Crippen LogP contribution in [0, 0.1) is 11.7 Å². The van der Waals surface area contributed by atoms with Crippen LogP contribution in [0.3, 0.4) is 0 Å². The second-order valence-electron chi connectivity index (χ2n) is 7.64. The van der Waals surface area contributed by atoms with E-state index in [1.54, 1.807) is 12.1 Å². The number of aromatic nitrogens is 1. The number of hydrogen-bond donors (Lipinski definition) is 0. The normalized spacial score (nSPS) is 21.9. The van der Waals surface area contributed by atoms with E-state index < -0.39 is 11.7 Å². The number of amides is 1. The van der Waals surface area contributed by atoms with Crippen molar-refractivity contribution in [3.05, 3.63) is 59.5 Å². The highest BCUT2D eigenvalue weighted by Crippen LogP contribution is 2.35. The molecule has 1 aromatic carbocycles. The first-order chi connectivity index (χ1) is 13.8. The highest BCUT2D eigenvalue weighted by Gasteiger charge is 2.41. The topological polar surface area (TPSA) is 36.4 Å². The van der Waals surface area contributed by atoms with Crippen LogP contribution >= 0.6 is 0 Å². The van der Waals surface area contributed by atoms with Crippen LogP contribution in [0.2, 0.25) is 0 Å². The van der Waals surface area contributed by atoms with Gasteiger partial charge >= 0.3 is 6.18 Å². The van der Waals surface area contributed by atoms with E-state index in [2.05, 4.69) is 4.98 Å². The molecule has 8 heteroatoms. The first kappa shape index (κ1) is 19.7. The van der Waals surface area contributed by atoms with Crippen LogP contribution in [0.4, 0.5) is 23.4 Å². The van der Waals surface area contributed by atoms with Crippen molar-refractivity contribution >= 4 is 11.7 Å². The highest BCUT2D eigenvalue weighted by molar-refractivity contribution is 5.79. The van der Waals surface area contributed by atoms with Gasteiger partial charge in [-0.3, -0.25) is 4.79 Å². The molecular weight excluding hydrogens is 386 g/mol. The summed E-state index contributed by atoms with van der Waals surface area (Å²) in [4.78, 5) is 20.6. The second-order valence-corrected chi connectivity index (χ2v) is 7.64. The Hall–Kier alpha value is -2.64. The Morgan fingerprint density at radius 2 is 1.83 bits per heavy atom. The molecule has 3 heterocycles.